The van der Waals surface area contributed by atoms with Gasteiger partial charge < -0.3 is 14.7 Å². The minimum Gasteiger partial charge on any atom is -0.461 e. The predicted octanol–water partition coefficient (Wildman–Crippen LogP) is 6.93. The molecular weight excluding hydrogens is 579 g/mol. The first-order valence-electron chi connectivity index (χ1n) is 16.1. The van der Waals surface area contributed by atoms with E-state index in [4.69, 9.17) is 14.7 Å². The Morgan fingerprint density at radius 2 is 1.95 bits per heavy atom. The molecule has 234 valence electrons. The molecule has 1 saturated heterocycles. The standard InChI is InChI=1S/C34H47N3O4S2/c1-7-32(5)18-25(33(6)21(3)8-13-34(22(4)28(32)40)14-9-24(38)27(33)34)41-26(39)19-43-31-35-29(23-12-17-42-30(23)36-31)37-15-10-20(2)11-16-37/h7,12,17,20-22,25,27-28,40H,1,8-11,13-16,18-19H2,2-6H3/t21-,22+,25-,27+,28+,32-,33+,34+/m1/s1. The van der Waals surface area contributed by atoms with Crippen molar-refractivity contribution in [2.75, 3.05) is 23.7 Å². The molecular formula is C34H47N3O4S2. The zero-order valence-electron chi connectivity index (χ0n) is 26.3. The number of hydrogen-bond acceptors (Lipinski definition) is 9. The highest BCUT2D eigenvalue weighted by molar-refractivity contribution is 7.99. The van der Waals surface area contributed by atoms with Gasteiger partial charge in [-0.1, -0.05) is 52.5 Å². The molecule has 3 saturated carbocycles. The minimum atomic E-state index is -0.672. The van der Waals surface area contributed by atoms with E-state index in [-0.39, 0.29) is 40.7 Å². The lowest BCUT2D eigenvalue weighted by Crippen LogP contribution is -2.63. The third-order valence-corrected chi connectivity index (χ3v) is 13.9. The summed E-state index contributed by atoms with van der Waals surface area (Å²) in [6.07, 6.45) is 6.58. The second-order valence-corrected chi connectivity index (χ2v) is 16.3. The van der Waals surface area contributed by atoms with Crippen LogP contribution in [0, 0.1) is 39.9 Å². The normalized spacial score (nSPS) is 38.4. The summed E-state index contributed by atoms with van der Waals surface area (Å²) in [4.78, 5) is 40.3. The number of anilines is 1. The number of piperidine rings is 1. The van der Waals surface area contributed by atoms with Crippen molar-refractivity contribution < 1.29 is 19.4 Å². The maximum atomic E-state index is 13.7. The summed E-state index contributed by atoms with van der Waals surface area (Å²) in [5.74, 6) is 1.62. The monoisotopic (exact) mass is 625 g/mol. The molecule has 6 rings (SSSR count). The summed E-state index contributed by atoms with van der Waals surface area (Å²) in [7, 11) is 0. The SMILES string of the molecule is C=C[C@]1(C)C[C@@H](OC(=O)CSc2nc(N3CCC(C)CC3)c3ccsc3n2)[C@]2(C)[C@H](C)CC[C@]3(CCC(=O)[C@H]32)[C@@H](C)[C@@H]1O. The van der Waals surface area contributed by atoms with Crippen molar-refractivity contribution in [2.24, 2.45) is 39.9 Å². The average Bonchev–Trinajstić information content (AvgIpc) is 3.61. The Labute approximate surface area is 264 Å². The molecule has 0 spiro atoms. The van der Waals surface area contributed by atoms with E-state index in [2.05, 4.69) is 50.6 Å². The second kappa shape index (κ2) is 11.4. The van der Waals surface area contributed by atoms with Gasteiger partial charge in [-0.3, -0.25) is 9.59 Å². The Morgan fingerprint density at radius 1 is 1.21 bits per heavy atom. The molecule has 43 heavy (non-hydrogen) atoms. The summed E-state index contributed by atoms with van der Waals surface area (Å²) in [6.45, 7) is 16.9. The molecule has 2 bridgehead atoms. The van der Waals surface area contributed by atoms with Gasteiger partial charge >= 0.3 is 5.97 Å². The smallest absolute Gasteiger partial charge is 0.316 e. The number of thioether (sulfide) groups is 1. The van der Waals surface area contributed by atoms with Crippen molar-refractivity contribution >= 4 is 50.9 Å². The first-order chi connectivity index (χ1) is 20.4. The van der Waals surface area contributed by atoms with Gasteiger partial charge in [-0.25, -0.2) is 9.97 Å². The molecule has 7 nitrogen and oxygen atoms in total. The van der Waals surface area contributed by atoms with E-state index in [1.807, 2.05) is 13.0 Å². The Balaban J connectivity index is 1.26. The van der Waals surface area contributed by atoms with E-state index in [0.29, 0.717) is 18.0 Å². The number of rotatable bonds is 6. The topological polar surface area (TPSA) is 92.6 Å². The zero-order chi connectivity index (χ0) is 30.7. The van der Waals surface area contributed by atoms with Gasteiger partial charge in [0.05, 0.1) is 17.2 Å². The van der Waals surface area contributed by atoms with Crippen LogP contribution in [0.15, 0.2) is 29.3 Å². The van der Waals surface area contributed by atoms with Crippen molar-refractivity contribution in [3.63, 3.8) is 0 Å². The van der Waals surface area contributed by atoms with Gasteiger partial charge in [-0.05, 0) is 73.1 Å². The number of carbonyl (C=O) groups excluding carboxylic acids is 2. The summed E-state index contributed by atoms with van der Waals surface area (Å²) in [6, 6.07) is 2.09. The summed E-state index contributed by atoms with van der Waals surface area (Å²) in [5, 5.41) is 15.5. The van der Waals surface area contributed by atoms with Crippen molar-refractivity contribution in [3.8, 4) is 0 Å². The van der Waals surface area contributed by atoms with E-state index >= 15 is 0 Å². The number of hydrogen-bond donors (Lipinski definition) is 1. The molecule has 0 aromatic carbocycles. The number of ether oxygens (including phenoxy) is 1. The Morgan fingerprint density at radius 3 is 2.67 bits per heavy atom. The van der Waals surface area contributed by atoms with Crippen LogP contribution >= 0.6 is 23.1 Å². The van der Waals surface area contributed by atoms with Crippen molar-refractivity contribution in [1.29, 1.82) is 0 Å². The maximum Gasteiger partial charge on any atom is 0.316 e. The Bertz CT molecular complexity index is 1410. The third kappa shape index (κ3) is 5.05. The largest absolute Gasteiger partial charge is 0.461 e. The lowest BCUT2D eigenvalue weighted by atomic mass is 9.44. The van der Waals surface area contributed by atoms with E-state index < -0.39 is 23.0 Å². The van der Waals surface area contributed by atoms with Gasteiger partial charge in [0.15, 0.2) is 5.16 Å². The summed E-state index contributed by atoms with van der Waals surface area (Å²) < 4.78 is 6.44. The highest BCUT2D eigenvalue weighted by Gasteiger charge is 2.68. The van der Waals surface area contributed by atoms with E-state index in [0.717, 1.165) is 67.1 Å². The molecule has 1 aliphatic heterocycles. The lowest BCUT2D eigenvalue weighted by Gasteiger charge is -2.61. The minimum absolute atomic E-state index is 0.0485. The fraction of sp³-hybridized carbons (Fsp3) is 0.706. The van der Waals surface area contributed by atoms with Gasteiger partial charge in [0, 0.05) is 36.3 Å². The molecule has 9 heteroatoms. The van der Waals surface area contributed by atoms with Crippen LogP contribution in [-0.2, 0) is 14.3 Å². The van der Waals surface area contributed by atoms with E-state index in [1.165, 1.54) is 11.8 Å². The van der Waals surface area contributed by atoms with Gasteiger partial charge in [0.25, 0.3) is 0 Å². The number of nitrogens with zero attached hydrogens (tertiary/aromatic N) is 3. The van der Waals surface area contributed by atoms with E-state index in [1.54, 1.807) is 11.3 Å². The van der Waals surface area contributed by atoms with Crippen molar-refractivity contribution in [3.05, 3.63) is 24.1 Å². The lowest BCUT2D eigenvalue weighted by molar-refractivity contribution is -0.205. The van der Waals surface area contributed by atoms with Gasteiger partial charge in [-0.15, -0.1) is 17.9 Å². The third-order valence-electron chi connectivity index (χ3n) is 12.3. The average molecular weight is 626 g/mol. The molecule has 2 aromatic rings. The zero-order valence-corrected chi connectivity index (χ0v) is 27.9. The molecule has 3 heterocycles. The molecule has 0 amide bonds. The number of aliphatic hydroxyl groups is 1. The van der Waals surface area contributed by atoms with Gasteiger partial charge in [0.1, 0.15) is 22.5 Å². The molecule has 3 aliphatic carbocycles. The van der Waals surface area contributed by atoms with Crippen molar-refractivity contribution in [1.82, 2.24) is 9.97 Å². The van der Waals surface area contributed by atoms with Crippen LogP contribution in [0.1, 0.15) is 79.6 Å². The first kappa shape index (κ1) is 31.0. The Hall–Kier alpha value is -1.97. The summed E-state index contributed by atoms with van der Waals surface area (Å²) >= 11 is 2.91. The van der Waals surface area contributed by atoms with Crippen LogP contribution in [0.25, 0.3) is 10.2 Å². The molecule has 4 aliphatic rings. The van der Waals surface area contributed by atoms with Crippen LogP contribution < -0.4 is 4.90 Å². The molecule has 0 radical (unpaired) electrons. The quantitative estimate of drug-likeness (QED) is 0.160. The van der Waals surface area contributed by atoms with E-state index in [9.17, 15) is 14.7 Å². The highest BCUT2D eigenvalue weighted by atomic mass is 32.2. The van der Waals surface area contributed by atoms with Crippen LogP contribution in [0.3, 0.4) is 0 Å². The van der Waals surface area contributed by atoms with Gasteiger partial charge in [0.2, 0.25) is 0 Å². The molecule has 2 aromatic heterocycles. The number of esters is 1. The van der Waals surface area contributed by atoms with Crippen LogP contribution in [0.2, 0.25) is 0 Å². The molecule has 0 unspecified atom stereocenters. The Kier molecular flexibility index (Phi) is 8.25. The number of carbonyl (C=O) groups is 2. The number of aliphatic hydroxyl groups excluding tert-OH is 1. The number of aromatic nitrogens is 2. The predicted molar refractivity (Wildman–Crippen MR) is 173 cm³/mol. The van der Waals surface area contributed by atoms with Gasteiger partial charge in [-0.2, -0.15) is 0 Å². The van der Waals surface area contributed by atoms with Crippen LogP contribution in [-0.4, -0.2) is 57.9 Å². The van der Waals surface area contributed by atoms with Crippen molar-refractivity contribution in [2.45, 2.75) is 96.9 Å². The van der Waals surface area contributed by atoms with Crippen LogP contribution in [0.4, 0.5) is 5.82 Å². The number of Topliss-reactive ketones (excluding diaryl/α,β-unsaturated/α-hetero) is 1. The first-order valence-corrected chi connectivity index (χ1v) is 18.0. The molecule has 4 fully saturated rings. The fourth-order valence-electron chi connectivity index (χ4n) is 9.16. The summed E-state index contributed by atoms with van der Waals surface area (Å²) in [5.41, 5.74) is -1.45. The second-order valence-electron chi connectivity index (χ2n) is 14.5. The highest BCUT2D eigenvalue weighted by Crippen LogP contribution is 2.68. The number of fused-ring (bicyclic) bond motifs is 1. The molecule has 1 N–H and O–H groups in total. The maximum absolute atomic E-state index is 13.7. The molecule has 8 atom stereocenters. The fourth-order valence-corrected chi connectivity index (χ4v) is 10.6. The number of thiophene rings is 1. The van der Waals surface area contributed by atoms with Crippen LogP contribution in [0.5, 0.6) is 0 Å². The number of ketones is 1.